The van der Waals surface area contributed by atoms with Crippen molar-refractivity contribution in [2.75, 3.05) is 13.1 Å². The molecule has 3 N–H and O–H groups in total. The smallest absolute Gasteiger partial charge is 0.216 e. The van der Waals surface area contributed by atoms with Gasteiger partial charge in [0.25, 0.3) is 0 Å². The molecule has 1 atom stereocenters. The van der Waals surface area contributed by atoms with Crippen molar-refractivity contribution in [3.05, 3.63) is 72.5 Å². The van der Waals surface area contributed by atoms with E-state index in [9.17, 15) is 0 Å². The number of nitrogens with zero attached hydrogens (tertiary/aromatic N) is 5. The van der Waals surface area contributed by atoms with Gasteiger partial charge in [0.2, 0.25) is 5.82 Å². The summed E-state index contributed by atoms with van der Waals surface area (Å²) in [6, 6.07) is 13.9. The van der Waals surface area contributed by atoms with Gasteiger partial charge in [-0.05, 0) is 49.7 Å². The summed E-state index contributed by atoms with van der Waals surface area (Å²) in [6.45, 7) is 5.51. The van der Waals surface area contributed by atoms with Crippen molar-refractivity contribution in [3.8, 4) is 17.3 Å². The highest BCUT2D eigenvalue weighted by Crippen LogP contribution is 2.17. The molecule has 3 aromatic heterocycles. The highest BCUT2D eigenvalue weighted by molar-refractivity contribution is 5.80. The zero-order chi connectivity index (χ0) is 21.5. The fraction of sp³-hybridized carbons (Fsp3) is 0.273. The van der Waals surface area contributed by atoms with Crippen molar-refractivity contribution >= 4 is 5.96 Å². The minimum Gasteiger partial charge on any atom is -0.461 e. The molecule has 9 nitrogen and oxygen atoms in total. The van der Waals surface area contributed by atoms with Crippen molar-refractivity contribution in [2.24, 2.45) is 4.99 Å². The number of benzene rings is 1. The molecule has 0 saturated carbocycles. The lowest BCUT2D eigenvalue weighted by atomic mass is 10.1. The Balaban J connectivity index is 1.38. The second-order valence-electron chi connectivity index (χ2n) is 7.01. The van der Waals surface area contributed by atoms with Crippen molar-refractivity contribution in [3.63, 3.8) is 0 Å². The Morgan fingerprint density at radius 2 is 2.19 bits per heavy atom. The highest BCUT2D eigenvalue weighted by Gasteiger charge is 2.10. The fourth-order valence-corrected chi connectivity index (χ4v) is 3.16. The van der Waals surface area contributed by atoms with Crippen LogP contribution in [0.2, 0.25) is 0 Å². The van der Waals surface area contributed by atoms with E-state index in [1.54, 1.807) is 12.5 Å². The van der Waals surface area contributed by atoms with Gasteiger partial charge in [0.05, 0.1) is 18.0 Å². The molecular weight excluding hydrogens is 392 g/mol. The van der Waals surface area contributed by atoms with Crippen LogP contribution in [0.5, 0.6) is 0 Å². The zero-order valence-electron chi connectivity index (χ0n) is 17.6. The van der Waals surface area contributed by atoms with Crippen LogP contribution < -0.4 is 10.6 Å². The summed E-state index contributed by atoms with van der Waals surface area (Å²) in [5.74, 6) is 2.73. The van der Waals surface area contributed by atoms with Gasteiger partial charge in [-0.2, -0.15) is 10.2 Å². The van der Waals surface area contributed by atoms with Crippen LogP contribution in [0.1, 0.15) is 31.3 Å². The van der Waals surface area contributed by atoms with Crippen LogP contribution >= 0.6 is 0 Å². The average Bonchev–Trinajstić information content (AvgIpc) is 3.56. The van der Waals surface area contributed by atoms with Gasteiger partial charge in [-0.15, -0.1) is 0 Å². The summed E-state index contributed by atoms with van der Waals surface area (Å²) < 4.78 is 7.18. The Labute approximate surface area is 180 Å². The van der Waals surface area contributed by atoms with E-state index in [0.29, 0.717) is 24.6 Å². The second-order valence-corrected chi connectivity index (χ2v) is 7.01. The van der Waals surface area contributed by atoms with E-state index in [0.717, 1.165) is 29.6 Å². The predicted molar refractivity (Wildman–Crippen MR) is 119 cm³/mol. The van der Waals surface area contributed by atoms with Crippen molar-refractivity contribution in [1.82, 2.24) is 35.6 Å². The Hall–Kier alpha value is -3.88. The first-order chi connectivity index (χ1) is 15.2. The number of hydrogen-bond acceptors (Lipinski definition) is 5. The van der Waals surface area contributed by atoms with E-state index in [1.165, 1.54) is 0 Å². The molecule has 0 aliphatic carbocycles. The molecule has 0 aliphatic heterocycles. The molecule has 0 aliphatic rings. The Morgan fingerprint density at radius 3 is 2.97 bits per heavy atom. The lowest BCUT2D eigenvalue weighted by molar-refractivity contribution is 0.577. The van der Waals surface area contributed by atoms with Crippen LogP contribution in [0.4, 0.5) is 0 Å². The predicted octanol–water partition coefficient (Wildman–Crippen LogP) is 3.11. The molecule has 0 fully saturated rings. The molecule has 160 valence electrons. The molecule has 4 rings (SSSR count). The van der Waals surface area contributed by atoms with E-state index in [-0.39, 0.29) is 6.04 Å². The first-order valence-corrected chi connectivity index (χ1v) is 10.3. The Bertz CT molecular complexity index is 1100. The maximum absolute atomic E-state index is 5.33. The lowest BCUT2D eigenvalue weighted by Crippen LogP contribution is -2.39. The first-order valence-electron chi connectivity index (χ1n) is 10.3. The van der Waals surface area contributed by atoms with E-state index >= 15 is 0 Å². The third-order valence-electron chi connectivity index (χ3n) is 4.73. The topological polar surface area (TPSA) is 109 Å². The maximum Gasteiger partial charge on any atom is 0.216 e. The quantitative estimate of drug-likeness (QED) is 0.300. The molecule has 0 saturated heterocycles. The van der Waals surface area contributed by atoms with Gasteiger partial charge in [-0.25, -0.2) is 9.67 Å². The molecule has 0 bridgehead atoms. The number of guanidine groups is 1. The minimum atomic E-state index is 0.0733. The van der Waals surface area contributed by atoms with Crippen LogP contribution in [0, 0.1) is 0 Å². The molecule has 1 unspecified atom stereocenters. The van der Waals surface area contributed by atoms with Crippen LogP contribution in [0.25, 0.3) is 17.3 Å². The zero-order valence-corrected chi connectivity index (χ0v) is 17.6. The monoisotopic (exact) mass is 418 g/mol. The molecule has 9 heteroatoms. The molecule has 1 aromatic carbocycles. The largest absolute Gasteiger partial charge is 0.461 e. The SMILES string of the molecule is CCNC(=NCCc1nc(-c2ccco2)n[nH]1)NC(C)c1cccc(-n2cccn2)c1. The highest BCUT2D eigenvalue weighted by atomic mass is 16.3. The normalized spacial score (nSPS) is 12.6. The average molecular weight is 419 g/mol. The van der Waals surface area contributed by atoms with Crippen LogP contribution in [-0.2, 0) is 6.42 Å². The van der Waals surface area contributed by atoms with Crippen LogP contribution in [0.3, 0.4) is 0 Å². The summed E-state index contributed by atoms with van der Waals surface area (Å²) in [4.78, 5) is 9.14. The number of nitrogens with one attached hydrogen (secondary N) is 3. The maximum atomic E-state index is 5.33. The molecular formula is C22H26N8O. The van der Waals surface area contributed by atoms with Gasteiger partial charge in [-0.1, -0.05) is 12.1 Å². The third-order valence-corrected chi connectivity index (χ3v) is 4.73. The second kappa shape index (κ2) is 9.75. The van der Waals surface area contributed by atoms with Crippen molar-refractivity contribution in [1.29, 1.82) is 0 Å². The molecule has 4 aromatic rings. The number of hydrogen-bond donors (Lipinski definition) is 3. The Kier molecular flexibility index (Phi) is 6.41. The van der Waals surface area contributed by atoms with Crippen molar-refractivity contribution in [2.45, 2.75) is 26.3 Å². The summed E-state index contributed by atoms with van der Waals surface area (Å²) >= 11 is 0. The number of H-pyrrole nitrogens is 1. The summed E-state index contributed by atoms with van der Waals surface area (Å²) in [6.07, 6.45) is 5.96. The van der Waals surface area contributed by atoms with Crippen LogP contribution in [-0.4, -0.2) is 44.0 Å². The van der Waals surface area contributed by atoms with Crippen LogP contribution in [0.15, 0.2) is 70.5 Å². The summed E-state index contributed by atoms with van der Waals surface area (Å²) in [7, 11) is 0. The van der Waals surface area contributed by atoms with E-state index in [1.807, 2.05) is 48.1 Å². The molecule has 0 spiro atoms. The lowest BCUT2D eigenvalue weighted by Gasteiger charge is -2.19. The number of aromatic nitrogens is 5. The van der Waals surface area contributed by atoms with Gasteiger partial charge < -0.3 is 15.1 Å². The minimum absolute atomic E-state index is 0.0733. The number of aromatic amines is 1. The van der Waals surface area contributed by atoms with Gasteiger partial charge in [-0.3, -0.25) is 10.1 Å². The summed E-state index contributed by atoms with van der Waals surface area (Å²) in [5.41, 5.74) is 2.17. The first kappa shape index (κ1) is 20.4. The van der Waals surface area contributed by atoms with Gasteiger partial charge in [0.15, 0.2) is 11.7 Å². The van der Waals surface area contributed by atoms with Gasteiger partial charge in [0.1, 0.15) is 5.82 Å². The fourth-order valence-electron chi connectivity index (χ4n) is 3.16. The molecule has 31 heavy (non-hydrogen) atoms. The molecule has 3 heterocycles. The van der Waals surface area contributed by atoms with Gasteiger partial charge >= 0.3 is 0 Å². The Morgan fingerprint density at radius 1 is 1.26 bits per heavy atom. The number of rotatable bonds is 8. The summed E-state index contributed by atoms with van der Waals surface area (Å²) in [5, 5.41) is 18.2. The van der Waals surface area contributed by atoms with E-state index < -0.39 is 0 Å². The third kappa shape index (κ3) is 5.19. The van der Waals surface area contributed by atoms with Gasteiger partial charge in [0, 0.05) is 31.9 Å². The molecule has 0 amide bonds. The number of furan rings is 1. The van der Waals surface area contributed by atoms with E-state index in [4.69, 9.17) is 4.42 Å². The number of aliphatic imine (C=N–C) groups is 1. The molecule has 0 radical (unpaired) electrons. The van der Waals surface area contributed by atoms with Crippen molar-refractivity contribution < 1.29 is 4.42 Å². The van der Waals surface area contributed by atoms with E-state index in [2.05, 4.69) is 55.0 Å². The standard InChI is InChI=1S/C22H26N8O/c1-3-23-22(24-12-10-20-27-21(29-28-20)19-9-5-14-31-19)26-16(2)17-7-4-8-18(15-17)30-13-6-11-25-30/h4-9,11,13-16H,3,10,12H2,1-2H3,(H2,23,24,26)(H,27,28,29).